The van der Waals surface area contributed by atoms with Gasteiger partial charge in [-0.25, -0.2) is 4.79 Å². The fourth-order valence-electron chi connectivity index (χ4n) is 2.07. The molecule has 2 amide bonds. The van der Waals surface area contributed by atoms with Gasteiger partial charge in [-0.2, -0.15) is 0 Å². The van der Waals surface area contributed by atoms with Gasteiger partial charge in [-0.3, -0.25) is 0 Å². The molecule has 0 aliphatic carbocycles. The molecule has 0 atom stereocenters. The second-order valence-electron chi connectivity index (χ2n) is 4.83. The van der Waals surface area contributed by atoms with Crippen LogP contribution in [-0.2, 0) is 6.42 Å². The van der Waals surface area contributed by atoms with Crippen LogP contribution < -0.4 is 20.1 Å². The van der Waals surface area contributed by atoms with E-state index in [0.29, 0.717) is 24.5 Å². The van der Waals surface area contributed by atoms with Crippen molar-refractivity contribution in [3.8, 4) is 11.5 Å². The molecule has 0 heterocycles. The first-order chi connectivity index (χ1) is 11.1. The number of amides is 2. The minimum Gasteiger partial charge on any atom is -0.493 e. The van der Waals surface area contributed by atoms with E-state index in [0.717, 1.165) is 14.8 Å². The molecule has 0 unspecified atom stereocenters. The highest BCUT2D eigenvalue weighted by molar-refractivity contribution is 14.1. The average Bonchev–Trinajstić information content (AvgIpc) is 2.56. The Balaban J connectivity index is 1.82. The predicted molar refractivity (Wildman–Crippen MR) is 99.4 cm³/mol. The highest BCUT2D eigenvalue weighted by atomic mass is 127. The highest BCUT2D eigenvalue weighted by Crippen LogP contribution is 2.27. The molecule has 0 saturated carbocycles. The monoisotopic (exact) mass is 426 g/mol. The second kappa shape index (κ2) is 8.61. The number of urea groups is 1. The van der Waals surface area contributed by atoms with Crippen LogP contribution in [-0.4, -0.2) is 26.8 Å². The molecule has 2 aromatic carbocycles. The van der Waals surface area contributed by atoms with Crippen molar-refractivity contribution in [1.29, 1.82) is 0 Å². The van der Waals surface area contributed by atoms with Crippen LogP contribution in [0.25, 0.3) is 0 Å². The van der Waals surface area contributed by atoms with E-state index in [1.54, 1.807) is 14.2 Å². The van der Waals surface area contributed by atoms with Crippen LogP contribution in [0, 0.1) is 3.57 Å². The third-order valence-electron chi connectivity index (χ3n) is 3.25. The van der Waals surface area contributed by atoms with Gasteiger partial charge in [0.2, 0.25) is 0 Å². The Morgan fingerprint density at radius 3 is 2.39 bits per heavy atom. The van der Waals surface area contributed by atoms with Gasteiger partial charge in [-0.1, -0.05) is 6.07 Å². The summed E-state index contributed by atoms with van der Waals surface area (Å²) in [6, 6.07) is 13.1. The number of halogens is 1. The van der Waals surface area contributed by atoms with Crippen molar-refractivity contribution in [2.75, 3.05) is 26.1 Å². The zero-order valence-electron chi connectivity index (χ0n) is 13.1. The summed E-state index contributed by atoms with van der Waals surface area (Å²) in [4.78, 5) is 11.8. The number of methoxy groups -OCH3 is 2. The molecular formula is C17H19IN2O3. The Bertz CT molecular complexity index is 659. The maximum Gasteiger partial charge on any atom is 0.319 e. The molecule has 0 aliphatic rings. The number of hydrogen-bond acceptors (Lipinski definition) is 3. The number of rotatable bonds is 6. The van der Waals surface area contributed by atoms with Crippen molar-refractivity contribution >= 4 is 34.3 Å². The van der Waals surface area contributed by atoms with Gasteiger partial charge in [0.1, 0.15) is 0 Å². The average molecular weight is 426 g/mol. The van der Waals surface area contributed by atoms with Crippen molar-refractivity contribution in [2.24, 2.45) is 0 Å². The van der Waals surface area contributed by atoms with Gasteiger partial charge in [-0.15, -0.1) is 0 Å². The molecule has 23 heavy (non-hydrogen) atoms. The molecule has 2 aromatic rings. The molecule has 0 spiro atoms. The van der Waals surface area contributed by atoms with Gasteiger partial charge >= 0.3 is 6.03 Å². The fourth-order valence-corrected chi connectivity index (χ4v) is 2.42. The van der Waals surface area contributed by atoms with Crippen LogP contribution in [0.2, 0.25) is 0 Å². The first-order valence-electron chi connectivity index (χ1n) is 7.13. The first kappa shape index (κ1) is 17.4. The topological polar surface area (TPSA) is 59.6 Å². The van der Waals surface area contributed by atoms with Crippen LogP contribution in [0.4, 0.5) is 10.5 Å². The Morgan fingerprint density at radius 1 is 1.04 bits per heavy atom. The zero-order chi connectivity index (χ0) is 16.7. The van der Waals surface area contributed by atoms with Gasteiger partial charge < -0.3 is 20.1 Å². The quantitative estimate of drug-likeness (QED) is 0.694. The molecule has 2 N–H and O–H groups in total. The third kappa shape index (κ3) is 5.31. The molecule has 6 heteroatoms. The van der Waals surface area contributed by atoms with Crippen LogP contribution >= 0.6 is 22.6 Å². The van der Waals surface area contributed by atoms with E-state index in [1.807, 2.05) is 42.5 Å². The fraction of sp³-hybridized carbons (Fsp3) is 0.235. The summed E-state index contributed by atoms with van der Waals surface area (Å²) in [5.41, 5.74) is 1.84. The van der Waals surface area contributed by atoms with E-state index in [9.17, 15) is 4.79 Å². The summed E-state index contributed by atoms with van der Waals surface area (Å²) < 4.78 is 11.6. The minimum absolute atomic E-state index is 0.216. The molecule has 122 valence electrons. The lowest BCUT2D eigenvalue weighted by Crippen LogP contribution is -2.30. The molecule has 0 bridgehead atoms. The lowest BCUT2D eigenvalue weighted by atomic mass is 10.1. The minimum atomic E-state index is -0.216. The number of nitrogens with one attached hydrogen (secondary N) is 2. The van der Waals surface area contributed by atoms with Crippen LogP contribution in [0.3, 0.4) is 0 Å². The molecular weight excluding hydrogens is 407 g/mol. The van der Waals surface area contributed by atoms with Crippen molar-refractivity contribution in [2.45, 2.75) is 6.42 Å². The number of carbonyl (C=O) groups excluding carboxylic acids is 1. The largest absolute Gasteiger partial charge is 0.493 e. The lowest BCUT2D eigenvalue weighted by molar-refractivity contribution is 0.252. The molecule has 5 nitrogen and oxygen atoms in total. The summed E-state index contributed by atoms with van der Waals surface area (Å²) >= 11 is 2.22. The number of hydrogen-bond donors (Lipinski definition) is 2. The SMILES string of the molecule is COc1ccc(CCNC(=O)Nc2ccc(I)cc2)cc1OC. The second-order valence-corrected chi connectivity index (χ2v) is 6.07. The van der Waals surface area contributed by atoms with E-state index in [4.69, 9.17) is 9.47 Å². The Kier molecular flexibility index (Phi) is 6.52. The van der Waals surface area contributed by atoms with Crippen molar-refractivity contribution in [3.63, 3.8) is 0 Å². The van der Waals surface area contributed by atoms with Crippen molar-refractivity contribution < 1.29 is 14.3 Å². The van der Waals surface area contributed by atoms with Gasteiger partial charge in [0.05, 0.1) is 14.2 Å². The maximum atomic E-state index is 11.8. The summed E-state index contributed by atoms with van der Waals surface area (Å²) in [6.45, 7) is 0.533. The summed E-state index contributed by atoms with van der Waals surface area (Å²) in [5.74, 6) is 1.38. The number of anilines is 1. The number of carbonyl (C=O) groups is 1. The van der Waals surface area contributed by atoms with Crippen LogP contribution in [0.15, 0.2) is 42.5 Å². The third-order valence-corrected chi connectivity index (χ3v) is 3.97. The van der Waals surface area contributed by atoms with Crippen molar-refractivity contribution in [3.05, 3.63) is 51.6 Å². The van der Waals surface area contributed by atoms with Gasteiger partial charge in [0, 0.05) is 15.8 Å². The van der Waals surface area contributed by atoms with E-state index in [-0.39, 0.29) is 6.03 Å². The molecule has 0 aromatic heterocycles. The Hall–Kier alpha value is -1.96. The lowest BCUT2D eigenvalue weighted by Gasteiger charge is -2.10. The molecule has 2 rings (SSSR count). The number of ether oxygens (including phenoxy) is 2. The van der Waals surface area contributed by atoms with E-state index in [2.05, 4.69) is 33.2 Å². The summed E-state index contributed by atoms with van der Waals surface area (Å²) in [6.07, 6.45) is 0.709. The van der Waals surface area contributed by atoms with Gasteiger partial charge in [0.15, 0.2) is 11.5 Å². The first-order valence-corrected chi connectivity index (χ1v) is 8.21. The van der Waals surface area contributed by atoms with E-state index < -0.39 is 0 Å². The molecule has 0 fully saturated rings. The predicted octanol–water partition coefficient (Wildman–Crippen LogP) is 3.67. The van der Waals surface area contributed by atoms with Gasteiger partial charge in [-0.05, 0) is 71.0 Å². The van der Waals surface area contributed by atoms with Crippen LogP contribution in [0.5, 0.6) is 11.5 Å². The summed E-state index contributed by atoms with van der Waals surface area (Å²) in [5, 5.41) is 5.63. The number of benzene rings is 2. The Morgan fingerprint density at radius 2 is 1.74 bits per heavy atom. The van der Waals surface area contributed by atoms with Crippen molar-refractivity contribution in [1.82, 2.24) is 5.32 Å². The van der Waals surface area contributed by atoms with E-state index >= 15 is 0 Å². The maximum absolute atomic E-state index is 11.8. The summed E-state index contributed by atoms with van der Waals surface area (Å²) in [7, 11) is 3.21. The highest BCUT2D eigenvalue weighted by Gasteiger charge is 2.05. The molecule has 0 radical (unpaired) electrons. The Labute approximate surface area is 149 Å². The van der Waals surface area contributed by atoms with E-state index in [1.165, 1.54) is 0 Å². The molecule has 0 saturated heterocycles. The molecule has 0 aliphatic heterocycles. The van der Waals surface area contributed by atoms with Crippen LogP contribution in [0.1, 0.15) is 5.56 Å². The van der Waals surface area contributed by atoms with Gasteiger partial charge in [0.25, 0.3) is 0 Å². The standard InChI is InChI=1S/C17H19IN2O3/c1-22-15-8-3-12(11-16(15)23-2)9-10-19-17(21)20-14-6-4-13(18)5-7-14/h3-8,11H,9-10H2,1-2H3,(H2,19,20,21). The normalized spacial score (nSPS) is 10.0. The smallest absolute Gasteiger partial charge is 0.319 e. The zero-order valence-corrected chi connectivity index (χ0v) is 15.2.